The Morgan fingerprint density at radius 2 is 1.97 bits per heavy atom. The summed E-state index contributed by atoms with van der Waals surface area (Å²) in [5, 5.41) is 16.3. The first-order valence-electron chi connectivity index (χ1n) is 11.4. The van der Waals surface area contributed by atoms with E-state index in [2.05, 4.69) is 37.6 Å². The highest BCUT2D eigenvalue weighted by molar-refractivity contribution is 5.60. The molecule has 30 heavy (non-hydrogen) atoms. The van der Waals surface area contributed by atoms with E-state index in [1.807, 2.05) is 18.2 Å². The highest BCUT2D eigenvalue weighted by Gasteiger charge is 2.32. The lowest BCUT2D eigenvalue weighted by Gasteiger charge is -2.44. The van der Waals surface area contributed by atoms with Crippen LogP contribution in [-0.4, -0.2) is 40.5 Å². The minimum Gasteiger partial charge on any atom is -0.370 e. The van der Waals surface area contributed by atoms with E-state index in [0.29, 0.717) is 17.8 Å². The van der Waals surface area contributed by atoms with Crippen molar-refractivity contribution in [2.45, 2.75) is 56.9 Å². The van der Waals surface area contributed by atoms with Gasteiger partial charge in [-0.15, -0.1) is 0 Å². The second-order valence-corrected chi connectivity index (χ2v) is 8.96. The molecule has 1 saturated carbocycles. The number of hydrogen-bond donors (Lipinski definition) is 2. The summed E-state index contributed by atoms with van der Waals surface area (Å²) in [5.41, 5.74) is 2.79. The van der Waals surface area contributed by atoms with Crippen molar-refractivity contribution in [2.24, 2.45) is 5.92 Å². The molecule has 2 aliphatic heterocycles. The standard InChI is InChI=1S/C24H30N6/c25-15-19-14-20(8-9-21(19)17-6-7-17)28-24-26-11-10-23(29-24)27-16-18-4-3-13-30-12-2-1-5-22(18)30/h8-11,14,17-18,22H,1-7,12-13,16H2,(H2,26,27,28,29)/t18-,22+/m0/s1. The smallest absolute Gasteiger partial charge is 0.229 e. The van der Waals surface area contributed by atoms with Crippen LogP contribution in [0.25, 0.3) is 0 Å². The van der Waals surface area contributed by atoms with E-state index in [1.54, 1.807) is 6.20 Å². The fourth-order valence-corrected chi connectivity index (χ4v) is 5.18. The van der Waals surface area contributed by atoms with Gasteiger partial charge in [-0.1, -0.05) is 12.5 Å². The molecular weight excluding hydrogens is 372 g/mol. The number of rotatable bonds is 6. The van der Waals surface area contributed by atoms with Crippen LogP contribution in [0.15, 0.2) is 30.5 Å². The molecule has 0 radical (unpaired) electrons. The van der Waals surface area contributed by atoms with Gasteiger partial charge in [-0.2, -0.15) is 10.2 Å². The van der Waals surface area contributed by atoms with Crippen LogP contribution < -0.4 is 10.6 Å². The van der Waals surface area contributed by atoms with Crippen molar-refractivity contribution in [3.05, 3.63) is 41.6 Å². The number of nitrogens with one attached hydrogen (secondary N) is 2. The molecule has 3 fully saturated rings. The summed E-state index contributed by atoms with van der Waals surface area (Å²) < 4.78 is 0. The molecule has 6 heteroatoms. The molecule has 2 atom stereocenters. The summed E-state index contributed by atoms with van der Waals surface area (Å²) in [6, 6.07) is 11.0. The molecule has 2 saturated heterocycles. The summed E-state index contributed by atoms with van der Waals surface area (Å²) in [5.74, 6) is 2.68. The zero-order valence-electron chi connectivity index (χ0n) is 17.5. The van der Waals surface area contributed by atoms with Crippen molar-refractivity contribution in [1.82, 2.24) is 14.9 Å². The number of piperidine rings is 2. The van der Waals surface area contributed by atoms with Crippen LogP contribution in [-0.2, 0) is 0 Å². The van der Waals surface area contributed by atoms with E-state index in [1.165, 1.54) is 63.6 Å². The quantitative estimate of drug-likeness (QED) is 0.733. The fraction of sp³-hybridized carbons (Fsp3) is 0.542. The molecule has 2 aromatic rings. The molecule has 1 aromatic heterocycles. The van der Waals surface area contributed by atoms with Gasteiger partial charge in [-0.25, -0.2) is 4.98 Å². The lowest BCUT2D eigenvalue weighted by molar-refractivity contribution is 0.0649. The topological polar surface area (TPSA) is 76.9 Å². The average molecular weight is 403 g/mol. The molecule has 3 heterocycles. The van der Waals surface area contributed by atoms with E-state index in [4.69, 9.17) is 0 Å². The first-order chi connectivity index (χ1) is 14.8. The zero-order chi connectivity index (χ0) is 20.3. The lowest BCUT2D eigenvalue weighted by atomic mass is 9.83. The zero-order valence-corrected chi connectivity index (χ0v) is 17.5. The Hall–Kier alpha value is -2.65. The Morgan fingerprint density at radius 1 is 1.07 bits per heavy atom. The van der Waals surface area contributed by atoms with Gasteiger partial charge >= 0.3 is 0 Å². The van der Waals surface area contributed by atoms with Gasteiger partial charge in [0.2, 0.25) is 5.95 Å². The summed E-state index contributed by atoms with van der Waals surface area (Å²) in [4.78, 5) is 11.7. The summed E-state index contributed by atoms with van der Waals surface area (Å²) in [7, 11) is 0. The summed E-state index contributed by atoms with van der Waals surface area (Å²) >= 11 is 0. The maximum absolute atomic E-state index is 9.48. The number of anilines is 3. The number of fused-ring (bicyclic) bond motifs is 1. The third-order valence-electron chi connectivity index (χ3n) is 6.88. The van der Waals surface area contributed by atoms with Crippen LogP contribution in [0.1, 0.15) is 62.0 Å². The van der Waals surface area contributed by atoms with Crippen LogP contribution in [0, 0.1) is 17.2 Å². The largest absolute Gasteiger partial charge is 0.370 e. The minimum absolute atomic E-state index is 0.561. The monoisotopic (exact) mass is 402 g/mol. The molecule has 3 aliphatic rings. The van der Waals surface area contributed by atoms with Crippen LogP contribution in [0.3, 0.4) is 0 Å². The van der Waals surface area contributed by atoms with Gasteiger partial charge in [0.15, 0.2) is 0 Å². The SMILES string of the molecule is N#Cc1cc(Nc2nccc(NC[C@@H]3CCCN4CCCC[C@H]34)n2)ccc1C1CC1. The number of benzene rings is 1. The number of nitrogens with zero attached hydrogens (tertiary/aromatic N) is 4. The Balaban J connectivity index is 1.23. The third kappa shape index (κ3) is 4.27. The molecule has 5 rings (SSSR count). The van der Waals surface area contributed by atoms with Gasteiger partial charge < -0.3 is 15.5 Å². The van der Waals surface area contributed by atoms with E-state index in [0.717, 1.165) is 29.7 Å². The Bertz CT molecular complexity index is 930. The molecule has 1 aliphatic carbocycles. The maximum Gasteiger partial charge on any atom is 0.229 e. The van der Waals surface area contributed by atoms with Gasteiger partial charge in [0.05, 0.1) is 11.6 Å². The van der Waals surface area contributed by atoms with Gasteiger partial charge in [0.1, 0.15) is 5.82 Å². The van der Waals surface area contributed by atoms with E-state index in [9.17, 15) is 5.26 Å². The predicted molar refractivity (Wildman–Crippen MR) is 119 cm³/mol. The molecule has 156 valence electrons. The van der Waals surface area contributed by atoms with Gasteiger partial charge in [-0.3, -0.25) is 0 Å². The minimum atomic E-state index is 0.561. The number of aromatic nitrogens is 2. The average Bonchev–Trinajstić information content (AvgIpc) is 3.63. The van der Waals surface area contributed by atoms with E-state index >= 15 is 0 Å². The van der Waals surface area contributed by atoms with Crippen molar-refractivity contribution in [3.8, 4) is 6.07 Å². The molecule has 0 amide bonds. The second kappa shape index (κ2) is 8.61. The van der Waals surface area contributed by atoms with Crippen molar-refractivity contribution in [3.63, 3.8) is 0 Å². The van der Waals surface area contributed by atoms with Crippen LogP contribution >= 0.6 is 0 Å². The van der Waals surface area contributed by atoms with Gasteiger partial charge in [-0.05, 0) is 87.2 Å². The van der Waals surface area contributed by atoms with Crippen molar-refractivity contribution in [2.75, 3.05) is 30.3 Å². The Kier molecular flexibility index (Phi) is 5.54. The predicted octanol–water partition coefficient (Wildman–Crippen LogP) is 4.65. The highest BCUT2D eigenvalue weighted by atomic mass is 15.2. The van der Waals surface area contributed by atoms with Crippen molar-refractivity contribution < 1.29 is 0 Å². The summed E-state index contributed by atoms with van der Waals surface area (Å²) in [6.07, 6.45) is 10.8. The third-order valence-corrected chi connectivity index (χ3v) is 6.88. The van der Waals surface area contributed by atoms with Crippen molar-refractivity contribution >= 4 is 17.5 Å². The van der Waals surface area contributed by atoms with Crippen LogP contribution in [0.4, 0.5) is 17.5 Å². The lowest BCUT2D eigenvalue weighted by Crippen LogP contribution is -2.49. The van der Waals surface area contributed by atoms with E-state index in [-0.39, 0.29) is 0 Å². The normalized spacial score (nSPS) is 24.0. The molecule has 2 N–H and O–H groups in total. The molecule has 0 spiro atoms. The molecule has 0 bridgehead atoms. The second-order valence-electron chi connectivity index (χ2n) is 8.96. The van der Waals surface area contributed by atoms with Crippen LogP contribution in [0.5, 0.6) is 0 Å². The number of hydrogen-bond acceptors (Lipinski definition) is 6. The van der Waals surface area contributed by atoms with E-state index < -0.39 is 0 Å². The molecule has 6 nitrogen and oxygen atoms in total. The first-order valence-corrected chi connectivity index (χ1v) is 11.4. The Morgan fingerprint density at radius 3 is 2.83 bits per heavy atom. The fourth-order valence-electron chi connectivity index (χ4n) is 5.18. The first kappa shape index (κ1) is 19.3. The van der Waals surface area contributed by atoms with Gasteiger partial charge in [0.25, 0.3) is 0 Å². The Labute approximate surface area is 178 Å². The van der Waals surface area contributed by atoms with Crippen LogP contribution in [0.2, 0.25) is 0 Å². The summed E-state index contributed by atoms with van der Waals surface area (Å²) in [6.45, 7) is 3.51. The molecular formula is C24H30N6. The maximum atomic E-state index is 9.48. The molecule has 1 aromatic carbocycles. The molecule has 0 unspecified atom stereocenters. The highest BCUT2D eigenvalue weighted by Crippen LogP contribution is 2.42. The van der Waals surface area contributed by atoms with Crippen molar-refractivity contribution in [1.29, 1.82) is 5.26 Å². The van der Waals surface area contributed by atoms with Gasteiger partial charge in [0, 0.05) is 24.5 Å². The number of nitriles is 1.